The van der Waals surface area contributed by atoms with Gasteiger partial charge in [0.15, 0.2) is 5.78 Å². The second kappa shape index (κ2) is 6.75. The van der Waals surface area contributed by atoms with Gasteiger partial charge in [-0.05, 0) is 38.1 Å². The van der Waals surface area contributed by atoms with Crippen LogP contribution >= 0.6 is 0 Å². The van der Waals surface area contributed by atoms with E-state index in [0.717, 1.165) is 0 Å². The van der Waals surface area contributed by atoms with E-state index in [4.69, 9.17) is 10.5 Å². The normalized spacial score (nSPS) is 16.4. The smallest absolute Gasteiger partial charge is 0.176 e. The summed E-state index contributed by atoms with van der Waals surface area (Å²) in [6.07, 6.45) is 6.29. The molecule has 1 aliphatic rings. The molecule has 1 aromatic rings. The zero-order chi connectivity index (χ0) is 14.5. The van der Waals surface area contributed by atoms with E-state index in [0.29, 0.717) is 29.6 Å². The molecule has 2 rings (SSSR count). The van der Waals surface area contributed by atoms with Gasteiger partial charge in [0.05, 0.1) is 19.3 Å². The first-order valence-corrected chi connectivity index (χ1v) is 7.28. The van der Waals surface area contributed by atoms with E-state index in [1.165, 1.54) is 32.1 Å². The quantitative estimate of drug-likeness (QED) is 0.663. The highest BCUT2D eigenvalue weighted by molar-refractivity contribution is 5.98. The Balaban J connectivity index is 1.98. The fourth-order valence-electron chi connectivity index (χ4n) is 2.88. The Morgan fingerprint density at radius 1 is 1.35 bits per heavy atom. The number of anilines is 1. The number of likely N-dealkylation sites (N-methyl/N-ethyl adjacent to an activating group) is 1. The van der Waals surface area contributed by atoms with Gasteiger partial charge in [0.25, 0.3) is 0 Å². The molecule has 2 N–H and O–H groups in total. The number of ketones is 1. The molecule has 0 bridgehead atoms. The number of hydrogen-bond donors (Lipinski definition) is 1. The highest BCUT2D eigenvalue weighted by Gasteiger charge is 2.20. The highest BCUT2D eigenvalue weighted by Crippen LogP contribution is 2.24. The fourth-order valence-corrected chi connectivity index (χ4v) is 2.88. The Bertz CT molecular complexity index is 468. The molecule has 0 amide bonds. The van der Waals surface area contributed by atoms with Crippen molar-refractivity contribution in [2.75, 3.05) is 26.4 Å². The minimum atomic E-state index is 0.118. The number of methoxy groups -OCH3 is 1. The molecule has 0 heterocycles. The van der Waals surface area contributed by atoms with E-state index in [1.807, 2.05) is 7.05 Å². The van der Waals surface area contributed by atoms with Crippen LogP contribution in [0.25, 0.3) is 0 Å². The number of ether oxygens (including phenoxy) is 1. The molecule has 0 aliphatic heterocycles. The summed E-state index contributed by atoms with van der Waals surface area (Å²) in [5.41, 5.74) is 7.02. The summed E-state index contributed by atoms with van der Waals surface area (Å²) in [6, 6.07) is 5.79. The van der Waals surface area contributed by atoms with Crippen molar-refractivity contribution in [1.29, 1.82) is 0 Å². The van der Waals surface area contributed by atoms with Crippen LogP contribution in [0.4, 0.5) is 5.69 Å². The fraction of sp³-hybridized carbons (Fsp3) is 0.562. The number of rotatable bonds is 5. The Morgan fingerprint density at radius 3 is 2.65 bits per heavy atom. The van der Waals surface area contributed by atoms with Crippen molar-refractivity contribution in [2.45, 2.75) is 38.1 Å². The lowest BCUT2D eigenvalue weighted by Gasteiger charge is -2.30. The molecular weight excluding hydrogens is 252 g/mol. The van der Waals surface area contributed by atoms with Gasteiger partial charge >= 0.3 is 0 Å². The minimum Gasteiger partial charge on any atom is -0.495 e. The van der Waals surface area contributed by atoms with Gasteiger partial charge in [-0.15, -0.1) is 0 Å². The standard InChI is InChI=1S/C16H24N2O2/c1-18(13-6-4-3-5-7-13)11-15(19)12-8-9-16(20-2)14(17)10-12/h8-10,13H,3-7,11,17H2,1-2H3. The first-order valence-electron chi connectivity index (χ1n) is 7.28. The monoisotopic (exact) mass is 276 g/mol. The summed E-state index contributed by atoms with van der Waals surface area (Å²) < 4.78 is 5.11. The second-order valence-corrected chi connectivity index (χ2v) is 5.59. The molecule has 0 aromatic heterocycles. The van der Waals surface area contributed by atoms with Crippen molar-refractivity contribution in [3.63, 3.8) is 0 Å². The van der Waals surface area contributed by atoms with E-state index < -0.39 is 0 Å². The molecule has 0 spiro atoms. The number of nitrogen functional groups attached to an aromatic ring is 1. The van der Waals surface area contributed by atoms with Gasteiger partial charge in [0.1, 0.15) is 5.75 Å². The number of carbonyl (C=O) groups is 1. The average molecular weight is 276 g/mol. The van der Waals surface area contributed by atoms with Gasteiger partial charge in [-0.3, -0.25) is 9.69 Å². The number of carbonyl (C=O) groups excluding carboxylic acids is 1. The Morgan fingerprint density at radius 2 is 2.05 bits per heavy atom. The Hall–Kier alpha value is -1.55. The molecule has 1 fully saturated rings. The zero-order valence-electron chi connectivity index (χ0n) is 12.4. The van der Waals surface area contributed by atoms with Crippen molar-refractivity contribution >= 4 is 11.5 Å². The molecule has 20 heavy (non-hydrogen) atoms. The predicted molar refractivity (Wildman–Crippen MR) is 81.2 cm³/mol. The molecule has 0 radical (unpaired) electrons. The van der Waals surface area contributed by atoms with Crippen LogP contribution in [0.5, 0.6) is 5.75 Å². The van der Waals surface area contributed by atoms with E-state index in [1.54, 1.807) is 25.3 Å². The molecule has 4 heteroatoms. The maximum atomic E-state index is 12.3. The number of benzene rings is 1. The summed E-state index contributed by atoms with van der Waals surface area (Å²) in [6.45, 7) is 0.455. The maximum Gasteiger partial charge on any atom is 0.176 e. The third-order valence-corrected chi connectivity index (χ3v) is 4.14. The van der Waals surface area contributed by atoms with Crippen molar-refractivity contribution < 1.29 is 9.53 Å². The van der Waals surface area contributed by atoms with Crippen LogP contribution < -0.4 is 10.5 Å². The van der Waals surface area contributed by atoms with Crippen molar-refractivity contribution in [2.24, 2.45) is 0 Å². The molecule has 110 valence electrons. The van der Waals surface area contributed by atoms with Crippen molar-refractivity contribution in [3.05, 3.63) is 23.8 Å². The lowest BCUT2D eigenvalue weighted by Crippen LogP contribution is -2.37. The van der Waals surface area contributed by atoms with E-state index in [2.05, 4.69) is 4.90 Å². The molecule has 0 saturated heterocycles. The van der Waals surface area contributed by atoms with Crippen molar-refractivity contribution in [3.8, 4) is 5.75 Å². The van der Waals surface area contributed by atoms with Gasteiger partial charge in [0, 0.05) is 11.6 Å². The number of nitrogens with two attached hydrogens (primary N) is 1. The van der Waals surface area contributed by atoms with Gasteiger partial charge in [-0.2, -0.15) is 0 Å². The average Bonchev–Trinajstić information content (AvgIpc) is 2.48. The van der Waals surface area contributed by atoms with Gasteiger partial charge in [-0.25, -0.2) is 0 Å². The number of Topliss-reactive ketones (excluding diaryl/α,β-unsaturated/α-hetero) is 1. The SMILES string of the molecule is COc1ccc(C(=O)CN(C)C2CCCCC2)cc1N. The van der Waals surface area contributed by atoms with E-state index in [-0.39, 0.29) is 5.78 Å². The van der Waals surface area contributed by atoms with Crippen LogP contribution in [-0.4, -0.2) is 37.4 Å². The molecule has 1 aromatic carbocycles. The number of hydrogen-bond acceptors (Lipinski definition) is 4. The zero-order valence-corrected chi connectivity index (χ0v) is 12.4. The molecule has 0 atom stereocenters. The van der Waals surface area contributed by atoms with Crippen molar-refractivity contribution in [1.82, 2.24) is 4.90 Å². The van der Waals surface area contributed by atoms with Crippen LogP contribution in [0.1, 0.15) is 42.5 Å². The third kappa shape index (κ3) is 3.51. The van der Waals surface area contributed by atoms with Crippen LogP contribution in [0.2, 0.25) is 0 Å². The van der Waals surface area contributed by atoms with Crippen LogP contribution in [-0.2, 0) is 0 Å². The predicted octanol–water partition coefficient (Wildman–Crippen LogP) is 2.72. The van der Waals surface area contributed by atoms with Crippen LogP contribution in [0.15, 0.2) is 18.2 Å². The summed E-state index contributed by atoms with van der Waals surface area (Å²) in [5.74, 6) is 0.731. The van der Waals surface area contributed by atoms with Gasteiger partial charge < -0.3 is 10.5 Å². The van der Waals surface area contributed by atoms with Gasteiger partial charge in [-0.1, -0.05) is 19.3 Å². The summed E-state index contributed by atoms with van der Waals surface area (Å²) in [7, 11) is 3.62. The first kappa shape index (κ1) is 14.9. The van der Waals surface area contributed by atoms with Gasteiger partial charge in [0.2, 0.25) is 0 Å². The molecular formula is C16H24N2O2. The largest absolute Gasteiger partial charge is 0.495 e. The summed E-state index contributed by atoms with van der Waals surface area (Å²) in [5, 5.41) is 0. The molecule has 1 saturated carbocycles. The van der Waals surface area contributed by atoms with E-state index >= 15 is 0 Å². The lowest BCUT2D eigenvalue weighted by atomic mass is 9.94. The third-order valence-electron chi connectivity index (χ3n) is 4.14. The first-order chi connectivity index (χ1) is 9.61. The minimum absolute atomic E-state index is 0.118. The highest BCUT2D eigenvalue weighted by atomic mass is 16.5. The molecule has 0 unspecified atom stereocenters. The second-order valence-electron chi connectivity index (χ2n) is 5.59. The summed E-state index contributed by atoms with van der Waals surface area (Å²) >= 11 is 0. The topological polar surface area (TPSA) is 55.6 Å². The van der Waals surface area contributed by atoms with Crippen LogP contribution in [0.3, 0.4) is 0 Å². The maximum absolute atomic E-state index is 12.3. The Kier molecular flexibility index (Phi) is 5.01. The lowest BCUT2D eigenvalue weighted by molar-refractivity contribution is 0.0899. The Labute approximate surface area is 120 Å². The molecule has 1 aliphatic carbocycles. The summed E-state index contributed by atoms with van der Waals surface area (Å²) in [4.78, 5) is 14.5. The number of nitrogens with zero attached hydrogens (tertiary/aromatic N) is 1. The van der Waals surface area contributed by atoms with E-state index in [9.17, 15) is 4.79 Å². The molecule has 4 nitrogen and oxygen atoms in total. The van der Waals surface area contributed by atoms with Crippen LogP contribution in [0, 0.1) is 0 Å².